The predicted molar refractivity (Wildman–Crippen MR) is 76.6 cm³/mol. The molecule has 0 spiro atoms. The Morgan fingerprint density at radius 2 is 2.06 bits per heavy atom. The van der Waals surface area contributed by atoms with Gasteiger partial charge in [0.2, 0.25) is 0 Å². The van der Waals surface area contributed by atoms with Crippen molar-refractivity contribution in [2.24, 2.45) is 0 Å². The lowest BCUT2D eigenvalue weighted by molar-refractivity contribution is 0.163. The molecule has 0 saturated carbocycles. The van der Waals surface area contributed by atoms with E-state index in [4.69, 9.17) is 16.3 Å². The monoisotopic (exact) mass is 267 g/mol. The van der Waals surface area contributed by atoms with Crippen LogP contribution >= 0.6 is 11.6 Å². The van der Waals surface area contributed by atoms with E-state index in [1.807, 2.05) is 6.92 Å². The van der Waals surface area contributed by atoms with Crippen molar-refractivity contribution in [3.8, 4) is 5.75 Å². The number of halogens is 1. The first-order valence-corrected chi connectivity index (χ1v) is 7.00. The lowest BCUT2D eigenvalue weighted by Gasteiger charge is -2.34. The van der Waals surface area contributed by atoms with Crippen molar-refractivity contribution in [1.29, 1.82) is 0 Å². The zero-order valence-corrected chi connectivity index (χ0v) is 12.6. The van der Waals surface area contributed by atoms with Crippen LogP contribution in [0.15, 0.2) is 6.07 Å². The van der Waals surface area contributed by atoms with Crippen LogP contribution in [0.2, 0.25) is 5.02 Å². The normalized spacial score (nSPS) is 22.8. The first-order valence-electron chi connectivity index (χ1n) is 6.62. The molecule has 1 aliphatic heterocycles. The van der Waals surface area contributed by atoms with Crippen molar-refractivity contribution >= 4 is 11.6 Å². The molecule has 0 aromatic heterocycles. The molecular formula is C15H22ClNO. The van der Waals surface area contributed by atoms with Gasteiger partial charge in [-0.15, -0.1) is 0 Å². The molecule has 3 heteroatoms. The van der Waals surface area contributed by atoms with Gasteiger partial charge in [-0.05, 0) is 38.0 Å². The molecule has 18 heavy (non-hydrogen) atoms. The fourth-order valence-corrected chi connectivity index (χ4v) is 2.89. The zero-order valence-electron chi connectivity index (χ0n) is 11.8. The minimum atomic E-state index is 0.244. The van der Waals surface area contributed by atoms with Gasteiger partial charge in [0, 0.05) is 29.1 Å². The molecule has 100 valence electrons. The van der Waals surface area contributed by atoms with Gasteiger partial charge >= 0.3 is 0 Å². The topological polar surface area (TPSA) is 21.3 Å². The van der Waals surface area contributed by atoms with Crippen molar-refractivity contribution in [3.63, 3.8) is 0 Å². The minimum Gasteiger partial charge on any atom is -0.490 e. The summed E-state index contributed by atoms with van der Waals surface area (Å²) in [5, 5.41) is 4.48. The van der Waals surface area contributed by atoms with Gasteiger partial charge in [0.15, 0.2) is 0 Å². The molecule has 1 heterocycles. The summed E-state index contributed by atoms with van der Waals surface area (Å²) in [5.74, 6) is 0.992. The molecule has 0 amide bonds. The molecule has 0 saturated heterocycles. The molecule has 1 aromatic rings. The van der Waals surface area contributed by atoms with Gasteiger partial charge < -0.3 is 10.1 Å². The fourth-order valence-electron chi connectivity index (χ4n) is 2.74. The van der Waals surface area contributed by atoms with E-state index in [-0.39, 0.29) is 6.10 Å². The van der Waals surface area contributed by atoms with Crippen LogP contribution in [0.25, 0.3) is 0 Å². The third-order valence-corrected chi connectivity index (χ3v) is 4.05. The molecule has 0 fully saturated rings. The number of hydrogen-bond acceptors (Lipinski definition) is 2. The van der Waals surface area contributed by atoms with Gasteiger partial charge in [0.05, 0.1) is 6.10 Å². The molecule has 0 bridgehead atoms. The van der Waals surface area contributed by atoms with Crippen LogP contribution in [-0.2, 0) is 0 Å². The van der Waals surface area contributed by atoms with Gasteiger partial charge in [-0.3, -0.25) is 0 Å². The standard InChI is InChI=1S/C15H22ClNO/c1-8(2)17-12-7-10(4)18-13-6-9(3)15(16)11(5)14(12)13/h6,8,10,12,17H,7H2,1-5H3. The summed E-state index contributed by atoms with van der Waals surface area (Å²) >= 11 is 6.37. The molecule has 1 aliphatic rings. The van der Waals surface area contributed by atoms with E-state index in [1.54, 1.807) is 0 Å². The highest BCUT2D eigenvalue weighted by Crippen LogP contribution is 2.41. The third-order valence-electron chi connectivity index (χ3n) is 3.47. The van der Waals surface area contributed by atoms with E-state index in [9.17, 15) is 0 Å². The molecular weight excluding hydrogens is 246 g/mol. The smallest absolute Gasteiger partial charge is 0.125 e. The van der Waals surface area contributed by atoms with Crippen LogP contribution < -0.4 is 10.1 Å². The second-order valence-electron chi connectivity index (χ2n) is 5.58. The van der Waals surface area contributed by atoms with Crippen molar-refractivity contribution < 1.29 is 4.74 Å². The van der Waals surface area contributed by atoms with Crippen molar-refractivity contribution in [2.75, 3.05) is 0 Å². The van der Waals surface area contributed by atoms with Crippen molar-refractivity contribution in [1.82, 2.24) is 5.32 Å². The number of ether oxygens (including phenoxy) is 1. The highest BCUT2D eigenvalue weighted by Gasteiger charge is 2.29. The maximum Gasteiger partial charge on any atom is 0.125 e. The molecule has 2 atom stereocenters. The number of hydrogen-bond donors (Lipinski definition) is 1. The number of aryl methyl sites for hydroxylation is 1. The number of nitrogens with one attached hydrogen (secondary N) is 1. The van der Waals surface area contributed by atoms with E-state index >= 15 is 0 Å². The number of benzene rings is 1. The third kappa shape index (κ3) is 2.50. The van der Waals surface area contributed by atoms with Crippen LogP contribution in [0.4, 0.5) is 0 Å². The quantitative estimate of drug-likeness (QED) is 0.868. The zero-order chi connectivity index (χ0) is 13.4. The SMILES string of the molecule is Cc1cc2c(c(C)c1Cl)C(NC(C)C)CC(C)O2. The Bertz CT molecular complexity index is 456. The predicted octanol–water partition coefficient (Wildman–Crippen LogP) is 4.17. The summed E-state index contributed by atoms with van der Waals surface area (Å²) in [6.07, 6.45) is 1.24. The molecule has 1 aromatic carbocycles. The lowest BCUT2D eigenvalue weighted by Crippen LogP contribution is -2.35. The van der Waals surface area contributed by atoms with E-state index in [2.05, 4.69) is 39.1 Å². The van der Waals surface area contributed by atoms with Crippen LogP contribution in [0, 0.1) is 13.8 Å². The van der Waals surface area contributed by atoms with Crippen molar-refractivity contribution in [2.45, 2.75) is 59.2 Å². The van der Waals surface area contributed by atoms with E-state index in [0.29, 0.717) is 12.1 Å². The first kappa shape index (κ1) is 13.7. The van der Waals surface area contributed by atoms with Crippen LogP contribution in [0.5, 0.6) is 5.75 Å². The lowest BCUT2D eigenvalue weighted by atomic mass is 9.91. The minimum absolute atomic E-state index is 0.244. The van der Waals surface area contributed by atoms with Gasteiger partial charge in [0.25, 0.3) is 0 Å². The Balaban J connectivity index is 2.49. The van der Waals surface area contributed by atoms with E-state index < -0.39 is 0 Å². The molecule has 2 unspecified atom stereocenters. The Labute approximate surface area is 115 Å². The van der Waals surface area contributed by atoms with Crippen molar-refractivity contribution in [3.05, 3.63) is 27.8 Å². The maximum absolute atomic E-state index is 6.37. The summed E-state index contributed by atoms with van der Waals surface area (Å²) in [6, 6.07) is 2.85. The molecule has 0 aliphatic carbocycles. The van der Waals surface area contributed by atoms with Crippen LogP contribution in [0.1, 0.15) is 49.9 Å². The Hall–Kier alpha value is -0.730. The van der Waals surface area contributed by atoms with Crippen LogP contribution in [-0.4, -0.2) is 12.1 Å². The average Bonchev–Trinajstić information content (AvgIpc) is 2.24. The van der Waals surface area contributed by atoms with Crippen LogP contribution in [0.3, 0.4) is 0 Å². The maximum atomic E-state index is 6.37. The Kier molecular flexibility index (Phi) is 3.88. The summed E-state index contributed by atoms with van der Waals surface area (Å²) in [5.41, 5.74) is 3.47. The molecule has 2 rings (SSSR count). The van der Waals surface area contributed by atoms with Gasteiger partial charge in [-0.2, -0.15) is 0 Å². The highest BCUT2D eigenvalue weighted by molar-refractivity contribution is 6.32. The first-order chi connectivity index (χ1) is 8.40. The summed E-state index contributed by atoms with van der Waals surface area (Å²) in [7, 11) is 0. The van der Waals surface area contributed by atoms with Gasteiger partial charge in [0.1, 0.15) is 5.75 Å². The van der Waals surface area contributed by atoms with E-state index in [1.165, 1.54) is 5.56 Å². The fraction of sp³-hybridized carbons (Fsp3) is 0.600. The number of fused-ring (bicyclic) bond motifs is 1. The summed E-state index contributed by atoms with van der Waals surface area (Å²) < 4.78 is 5.96. The highest BCUT2D eigenvalue weighted by atomic mass is 35.5. The molecule has 1 N–H and O–H groups in total. The second-order valence-corrected chi connectivity index (χ2v) is 5.96. The second kappa shape index (κ2) is 5.10. The number of rotatable bonds is 2. The molecule has 2 nitrogen and oxygen atoms in total. The van der Waals surface area contributed by atoms with Gasteiger partial charge in [-0.1, -0.05) is 25.4 Å². The Morgan fingerprint density at radius 1 is 1.39 bits per heavy atom. The van der Waals surface area contributed by atoms with E-state index in [0.717, 1.165) is 28.3 Å². The van der Waals surface area contributed by atoms with Gasteiger partial charge in [-0.25, -0.2) is 0 Å². The Morgan fingerprint density at radius 3 is 2.67 bits per heavy atom. The summed E-state index contributed by atoms with van der Waals surface area (Å²) in [6.45, 7) is 10.6. The average molecular weight is 268 g/mol. The molecule has 0 radical (unpaired) electrons. The summed E-state index contributed by atoms with van der Waals surface area (Å²) in [4.78, 5) is 0. The largest absolute Gasteiger partial charge is 0.490 e.